The van der Waals surface area contributed by atoms with Crippen molar-refractivity contribution < 1.29 is 0 Å². The van der Waals surface area contributed by atoms with Crippen molar-refractivity contribution in [2.75, 3.05) is 5.43 Å². The van der Waals surface area contributed by atoms with Gasteiger partial charge in [0.2, 0.25) is 0 Å². The van der Waals surface area contributed by atoms with E-state index in [4.69, 9.17) is 5.84 Å². The van der Waals surface area contributed by atoms with Crippen LogP contribution in [0.25, 0.3) is 0 Å². The molecular formula is C3H6N4. The van der Waals surface area contributed by atoms with E-state index in [1.165, 1.54) is 0 Å². The Labute approximate surface area is 40.7 Å². The average molecular weight is 98.1 g/mol. The maximum Gasteiger partial charge on any atom is 0.161 e. The van der Waals surface area contributed by atoms with E-state index in [0.29, 0.717) is 5.82 Å². The third kappa shape index (κ3) is 0.690. The van der Waals surface area contributed by atoms with E-state index in [0.717, 1.165) is 0 Å². The first-order valence-electron chi connectivity index (χ1n) is 1.90. The Balaban J connectivity index is 2.76. The topological polar surface area (TPSA) is 66.7 Å². The third-order valence-corrected chi connectivity index (χ3v) is 0.649. The lowest BCUT2D eigenvalue weighted by Crippen LogP contribution is -2.06. The molecule has 1 rings (SSSR count). The summed E-state index contributed by atoms with van der Waals surface area (Å²) in [4.78, 5) is 0. The fourth-order valence-electron chi connectivity index (χ4n) is 0.341. The molecule has 7 heavy (non-hydrogen) atoms. The second-order valence-electron chi connectivity index (χ2n) is 1.10. The summed E-state index contributed by atoms with van der Waals surface area (Å²) in [7, 11) is 0. The van der Waals surface area contributed by atoms with Crippen molar-refractivity contribution in [2.24, 2.45) is 5.84 Å². The molecule has 0 aromatic carbocycles. The number of anilines is 1. The summed E-state index contributed by atoms with van der Waals surface area (Å²) >= 11 is 0. The fourth-order valence-corrected chi connectivity index (χ4v) is 0.341. The van der Waals surface area contributed by atoms with Gasteiger partial charge in [0.15, 0.2) is 5.82 Å². The van der Waals surface area contributed by atoms with E-state index in [2.05, 4.69) is 15.6 Å². The first kappa shape index (κ1) is 4.14. The molecule has 1 heterocycles. The van der Waals surface area contributed by atoms with Gasteiger partial charge in [-0.05, 0) is 0 Å². The fraction of sp³-hybridized carbons (Fsp3) is 0. The van der Waals surface area contributed by atoms with Crippen LogP contribution in [0.2, 0.25) is 0 Å². The number of H-pyrrole nitrogens is 1. The highest BCUT2D eigenvalue weighted by atomic mass is 15.3. The minimum absolute atomic E-state index is 0.653. The predicted octanol–water partition coefficient (Wildman–Crippen LogP) is -0.305. The molecule has 4 heteroatoms. The van der Waals surface area contributed by atoms with Crippen LogP contribution in [0.15, 0.2) is 12.3 Å². The molecule has 0 radical (unpaired) electrons. The number of aromatic nitrogens is 2. The van der Waals surface area contributed by atoms with E-state index in [1.807, 2.05) is 0 Å². The summed E-state index contributed by atoms with van der Waals surface area (Å²) in [6, 6.07) is 1.74. The van der Waals surface area contributed by atoms with E-state index < -0.39 is 0 Å². The standard InChI is InChI=1S/C3H6N4/c4-6-3-1-2-5-7-3/h1-2H,4H2,(H2,5,6,7). The smallest absolute Gasteiger partial charge is 0.161 e. The van der Waals surface area contributed by atoms with Crippen LogP contribution in [-0.2, 0) is 0 Å². The highest BCUT2D eigenvalue weighted by molar-refractivity contribution is 5.28. The molecule has 0 unspecified atom stereocenters. The molecule has 0 aliphatic heterocycles. The number of nitrogens with two attached hydrogens (primary N) is 1. The summed E-state index contributed by atoms with van der Waals surface area (Å²) < 4.78 is 0. The molecule has 4 N–H and O–H groups in total. The van der Waals surface area contributed by atoms with Crippen molar-refractivity contribution in [1.29, 1.82) is 0 Å². The molecule has 0 saturated carbocycles. The Morgan fingerprint density at radius 1 is 1.86 bits per heavy atom. The van der Waals surface area contributed by atoms with Gasteiger partial charge in [0, 0.05) is 12.3 Å². The minimum atomic E-state index is 0.653. The summed E-state index contributed by atoms with van der Waals surface area (Å²) in [6.07, 6.45) is 1.69. The van der Waals surface area contributed by atoms with Crippen LogP contribution >= 0.6 is 0 Å². The first-order chi connectivity index (χ1) is 3.43. The van der Waals surface area contributed by atoms with E-state index >= 15 is 0 Å². The number of aromatic amines is 1. The Kier molecular flexibility index (Phi) is 0.953. The SMILES string of the molecule is NNc1cc[nH]n1. The van der Waals surface area contributed by atoms with Crippen LogP contribution in [-0.4, -0.2) is 10.2 Å². The Hall–Kier alpha value is -1.03. The van der Waals surface area contributed by atoms with Gasteiger partial charge in [-0.15, -0.1) is 0 Å². The van der Waals surface area contributed by atoms with Crippen molar-refractivity contribution >= 4 is 5.82 Å². The molecule has 0 amide bonds. The van der Waals surface area contributed by atoms with Crippen LogP contribution in [0.4, 0.5) is 5.82 Å². The predicted molar refractivity (Wildman–Crippen MR) is 26.4 cm³/mol. The summed E-state index contributed by atoms with van der Waals surface area (Å²) in [5.41, 5.74) is 2.36. The Morgan fingerprint density at radius 3 is 3.00 bits per heavy atom. The summed E-state index contributed by atoms with van der Waals surface area (Å²) in [5, 5.41) is 6.26. The molecule has 0 fully saturated rings. The van der Waals surface area contributed by atoms with Crippen LogP contribution in [0.5, 0.6) is 0 Å². The monoisotopic (exact) mass is 98.1 g/mol. The van der Waals surface area contributed by atoms with Crippen LogP contribution in [0, 0.1) is 0 Å². The van der Waals surface area contributed by atoms with Crippen molar-refractivity contribution in [3.63, 3.8) is 0 Å². The molecule has 0 aliphatic rings. The molecule has 0 saturated heterocycles. The van der Waals surface area contributed by atoms with Gasteiger partial charge in [-0.25, -0.2) is 5.84 Å². The van der Waals surface area contributed by atoms with Crippen LogP contribution < -0.4 is 11.3 Å². The maximum absolute atomic E-state index is 4.96. The van der Waals surface area contributed by atoms with Crippen molar-refractivity contribution in [3.8, 4) is 0 Å². The van der Waals surface area contributed by atoms with Gasteiger partial charge in [0.1, 0.15) is 0 Å². The summed E-state index contributed by atoms with van der Waals surface area (Å²) in [6.45, 7) is 0. The maximum atomic E-state index is 4.96. The first-order valence-corrected chi connectivity index (χ1v) is 1.90. The van der Waals surface area contributed by atoms with Crippen LogP contribution in [0.1, 0.15) is 0 Å². The van der Waals surface area contributed by atoms with Gasteiger partial charge < -0.3 is 5.43 Å². The number of rotatable bonds is 1. The normalized spacial score (nSPS) is 8.71. The van der Waals surface area contributed by atoms with Crippen molar-refractivity contribution in [2.45, 2.75) is 0 Å². The number of hydrogen-bond donors (Lipinski definition) is 3. The minimum Gasteiger partial charge on any atom is -0.307 e. The van der Waals surface area contributed by atoms with Gasteiger partial charge in [-0.3, -0.25) is 5.10 Å². The van der Waals surface area contributed by atoms with E-state index in [1.54, 1.807) is 12.3 Å². The molecule has 0 bridgehead atoms. The number of nitrogens with one attached hydrogen (secondary N) is 2. The second-order valence-corrected chi connectivity index (χ2v) is 1.10. The van der Waals surface area contributed by atoms with E-state index in [-0.39, 0.29) is 0 Å². The van der Waals surface area contributed by atoms with Crippen molar-refractivity contribution in [1.82, 2.24) is 10.2 Å². The zero-order valence-corrected chi connectivity index (χ0v) is 3.68. The number of nitrogen functional groups attached to an aromatic ring is 1. The van der Waals surface area contributed by atoms with Gasteiger partial charge in [0.05, 0.1) is 0 Å². The van der Waals surface area contributed by atoms with Gasteiger partial charge in [-0.1, -0.05) is 0 Å². The van der Waals surface area contributed by atoms with Gasteiger partial charge >= 0.3 is 0 Å². The lowest BCUT2D eigenvalue weighted by molar-refractivity contribution is 1.08. The third-order valence-electron chi connectivity index (χ3n) is 0.649. The van der Waals surface area contributed by atoms with Crippen molar-refractivity contribution in [3.05, 3.63) is 12.3 Å². The van der Waals surface area contributed by atoms with Gasteiger partial charge in [-0.2, -0.15) is 5.10 Å². The zero-order chi connectivity index (χ0) is 5.11. The van der Waals surface area contributed by atoms with E-state index in [9.17, 15) is 0 Å². The van der Waals surface area contributed by atoms with Gasteiger partial charge in [0.25, 0.3) is 0 Å². The summed E-state index contributed by atoms with van der Waals surface area (Å²) in [5.74, 6) is 5.61. The molecule has 1 aromatic heterocycles. The Morgan fingerprint density at radius 2 is 2.71 bits per heavy atom. The highest BCUT2D eigenvalue weighted by Gasteiger charge is 1.81. The zero-order valence-electron chi connectivity index (χ0n) is 3.68. The molecule has 0 spiro atoms. The number of hydrogen-bond acceptors (Lipinski definition) is 3. The molecule has 0 atom stereocenters. The molecule has 0 aliphatic carbocycles. The Bertz CT molecular complexity index is 121. The average Bonchev–Trinajstić information content (AvgIpc) is 2.14. The van der Waals surface area contributed by atoms with Crippen LogP contribution in [0.3, 0.4) is 0 Å². The number of nitrogens with zero attached hydrogens (tertiary/aromatic N) is 1. The quantitative estimate of drug-likeness (QED) is 0.333. The molecule has 1 aromatic rings. The lowest BCUT2D eigenvalue weighted by Gasteiger charge is -1.84. The highest BCUT2D eigenvalue weighted by Crippen LogP contribution is 1.92. The molecule has 4 nitrogen and oxygen atoms in total. The lowest BCUT2D eigenvalue weighted by atomic mass is 10.7. The molecule has 38 valence electrons. The largest absolute Gasteiger partial charge is 0.307 e. The molecular weight excluding hydrogens is 92.1 g/mol. The second kappa shape index (κ2) is 1.61. The number of hydrazine groups is 1.